The molecule has 2 N–H and O–H groups in total. The standard InChI is InChI=1S/C25H28ClFN4O5/c1-14(2)36-21-10-9-18(11-20(21)27)30-25-28-12-19(22(32)29-15(3)24(34)35-4)23(33)31(25)13-16-5-7-17(26)8-6-16/h5,7-12,14-16H,6,13H2,1-4H3,(H,28,30)(H,29,32). The summed E-state index contributed by atoms with van der Waals surface area (Å²) in [5.41, 5.74) is -0.546. The van der Waals surface area contributed by atoms with Crippen molar-refractivity contribution in [3.05, 3.63) is 69.4 Å². The third-order valence-corrected chi connectivity index (χ3v) is 5.59. The van der Waals surface area contributed by atoms with Crippen LogP contribution >= 0.6 is 11.6 Å². The maximum absolute atomic E-state index is 14.5. The summed E-state index contributed by atoms with van der Waals surface area (Å²) in [4.78, 5) is 42.0. The Kier molecular flexibility index (Phi) is 8.87. The van der Waals surface area contributed by atoms with Crippen molar-refractivity contribution < 1.29 is 23.5 Å². The molecule has 3 rings (SSSR count). The molecule has 1 heterocycles. The van der Waals surface area contributed by atoms with Gasteiger partial charge in [0.1, 0.15) is 11.6 Å². The summed E-state index contributed by atoms with van der Waals surface area (Å²) in [6, 6.07) is 3.35. The van der Waals surface area contributed by atoms with Gasteiger partial charge in [0.05, 0.1) is 13.2 Å². The van der Waals surface area contributed by atoms with Crippen LogP contribution in [0.25, 0.3) is 0 Å². The lowest BCUT2D eigenvalue weighted by molar-refractivity contribution is -0.142. The number of ether oxygens (including phenoxy) is 2. The molecule has 0 aliphatic heterocycles. The Bertz CT molecular complexity index is 1260. The van der Waals surface area contributed by atoms with E-state index in [1.165, 1.54) is 30.7 Å². The predicted molar refractivity (Wildman–Crippen MR) is 134 cm³/mol. The van der Waals surface area contributed by atoms with Crippen molar-refractivity contribution in [1.82, 2.24) is 14.9 Å². The quantitative estimate of drug-likeness (QED) is 0.484. The second kappa shape index (κ2) is 11.9. The van der Waals surface area contributed by atoms with E-state index >= 15 is 0 Å². The lowest BCUT2D eigenvalue weighted by Gasteiger charge is -2.20. The number of allylic oxidation sites excluding steroid dienone is 4. The Hall–Kier alpha value is -3.66. The fourth-order valence-corrected chi connectivity index (χ4v) is 3.65. The average molecular weight is 519 g/mol. The predicted octanol–water partition coefficient (Wildman–Crippen LogP) is 3.90. The highest BCUT2D eigenvalue weighted by atomic mass is 35.5. The van der Waals surface area contributed by atoms with Crippen molar-refractivity contribution in [2.24, 2.45) is 5.92 Å². The van der Waals surface area contributed by atoms with Crippen LogP contribution in [0.2, 0.25) is 0 Å². The Labute approximate surface area is 213 Å². The number of methoxy groups -OCH3 is 1. The first-order chi connectivity index (χ1) is 17.1. The van der Waals surface area contributed by atoms with Gasteiger partial charge in [-0.1, -0.05) is 23.8 Å². The average Bonchev–Trinajstić information content (AvgIpc) is 2.83. The fraction of sp³-hybridized carbons (Fsp3) is 0.360. The van der Waals surface area contributed by atoms with E-state index in [0.29, 0.717) is 17.1 Å². The minimum Gasteiger partial charge on any atom is -0.488 e. The lowest BCUT2D eigenvalue weighted by Crippen LogP contribution is -2.42. The van der Waals surface area contributed by atoms with E-state index in [1.54, 1.807) is 26.0 Å². The maximum atomic E-state index is 14.5. The van der Waals surface area contributed by atoms with Crippen LogP contribution in [-0.2, 0) is 16.1 Å². The first-order valence-corrected chi connectivity index (χ1v) is 11.7. The Morgan fingerprint density at radius 1 is 1.31 bits per heavy atom. The number of hydrogen-bond acceptors (Lipinski definition) is 7. The maximum Gasteiger partial charge on any atom is 0.328 e. The monoisotopic (exact) mass is 518 g/mol. The number of carbonyl (C=O) groups is 2. The van der Waals surface area contributed by atoms with Crippen LogP contribution < -0.4 is 20.9 Å². The molecule has 1 aliphatic carbocycles. The van der Waals surface area contributed by atoms with Crippen molar-refractivity contribution >= 4 is 35.1 Å². The third-order valence-electron chi connectivity index (χ3n) is 5.31. The van der Waals surface area contributed by atoms with E-state index in [0.717, 1.165) is 6.20 Å². The number of benzene rings is 1. The van der Waals surface area contributed by atoms with E-state index in [9.17, 15) is 18.8 Å². The van der Waals surface area contributed by atoms with Gasteiger partial charge in [-0.3, -0.25) is 14.2 Å². The number of rotatable bonds is 9. The summed E-state index contributed by atoms with van der Waals surface area (Å²) in [5, 5.41) is 5.98. The van der Waals surface area contributed by atoms with Crippen LogP contribution in [0.15, 0.2) is 52.5 Å². The molecule has 1 aromatic heterocycles. The molecule has 0 fully saturated rings. The molecule has 11 heteroatoms. The number of hydrogen-bond donors (Lipinski definition) is 2. The third kappa shape index (κ3) is 6.72. The molecule has 9 nitrogen and oxygen atoms in total. The fourth-order valence-electron chi connectivity index (χ4n) is 3.49. The molecule has 36 heavy (non-hydrogen) atoms. The van der Waals surface area contributed by atoms with Crippen LogP contribution in [-0.4, -0.2) is 40.7 Å². The smallest absolute Gasteiger partial charge is 0.328 e. The molecule has 2 aromatic rings. The number of halogens is 2. The zero-order chi connectivity index (χ0) is 26.4. The van der Waals surface area contributed by atoms with Crippen LogP contribution in [0.5, 0.6) is 5.75 Å². The molecule has 1 amide bonds. The summed E-state index contributed by atoms with van der Waals surface area (Å²) >= 11 is 6.01. The van der Waals surface area contributed by atoms with Gasteiger partial charge in [0.2, 0.25) is 5.95 Å². The number of anilines is 2. The summed E-state index contributed by atoms with van der Waals surface area (Å²) in [7, 11) is 1.20. The topological polar surface area (TPSA) is 112 Å². The van der Waals surface area contributed by atoms with Crippen molar-refractivity contribution in [2.45, 2.75) is 45.9 Å². The lowest BCUT2D eigenvalue weighted by atomic mass is 10.0. The van der Waals surface area contributed by atoms with Gasteiger partial charge in [-0.15, -0.1) is 0 Å². The molecular formula is C25H28ClFN4O5. The molecule has 0 saturated heterocycles. The highest BCUT2D eigenvalue weighted by Gasteiger charge is 2.23. The Morgan fingerprint density at radius 3 is 2.67 bits per heavy atom. The van der Waals surface area contributed by atoms with Crippen molar-refractivity contribution in [2.75, 3.05) is 12.4 Å². The van der Waals surface area contributed by atoms with Gasteiger partial charge >= 0.3 is 5.97 Å². The zero-order valence-corrected chi connectivity index (χ0v) is 21.1. The largest absolute Gasteiger partial charge is 0.488 e. The van der Waals surface area contributed by atoms with Gasteiger partial charge in [-0.2, -0.15) is 0 Å². The number of nitrogens with zero attached hydrogens (tertiary/aromatic N) is 2. The molecule has 0 spiro atoms. The number of carbonyl (C=O) groups excluding carboxylic acids is 2. The molecular weight excluding hydrogens is 491 g/mol. The SMILES string of the molecule is COC(=O)C(C)NC(=O)c1cnc(Nc2ccc(OC(C)C)c(F)c2)n(CC2C=CC(Cl)=CC2)c1=O. The first-order valence-electron chi connectivity index (χ1n) is 11.3. The van der Waals surface area contributed by atoms with Crippen molar-refractivity contribution in [1.29, 1.82) is 0 Å². The van der Waals surface area contributed by atoms with Crippen LogP contribution in [0, 0.1) is 11.7 Å². The van der Waals surface area contributed by atoms with E-state index in [4.69, 9.17) is 16.3 Å². The summed E-state index contributed by atoms with van der Waals surface area (Å²) in [6.07, 6.45) is 6.92. The molecule has 0 saturated carbocycles. The highest BCUT2D eigenvalue weighted by molar-refractivity contribution is 6.31. The molecule has 2 atom stereocenters. The number of nitrogens with one attached hydrogen (secondary N) is 2. The summed E-state index contributed by atoms with van der Waals surface area (Å²) < 4.78 is 25.9. The van der Waals surface area contributed by atoms with Crippen molar-refractivity contribution in [3.63, 3.8) is 0 Å². The van der Waals surface area contributed by atoms with Crippen molar-refractivity contribution in [3.8, 4) is 5.75 Å². The van der Waals surface area contributed by atoms with Crippen LogP contribution in [0.3, 0.4) is 0 Å². The summed E-state index contributed by atoms with van der Waals surface area (Å²) in [5.74, 6) is -1.89. The number of amides is 1. The van der Waals surface area contributed by atoms with Gasteiger partial charge in [0.15, 0.2) is 11.6 Å². The van der Waals surface area contributed by atoms with E-state index < -0.39 is 29.3 Å². The van der Waals surface area contributed by atoms with Gasteiger partial charge in [-0.05, 0) is 51.3 Å². The summed E-state index contributed by atoms with van der Waals surface area (Å²) in [6.45, 7) is 5.20. The zero-order valence-electron chi connectivity index (χ0n) is 20.4. The first kappa shape index (κ1) is 26.9. The van der Waals surface area contributed by atoms with Crippen LogP contribution in [0.1, 0.15) is 37.6 Å². The molecule has 0 bridgehead atoms. The molecule has 1 aromatic carbocycles. The van der Waals surface area contributed by atoms with Gasteiger partial charge in [0, 0.05) is 29.5 Å². The van der Waals surface area contributed by atoms with E-state index in [2.05, 4.69) is 20.4 Å². The minimum atomic E-state index is -0.962. The number of esters is 1. The normalized spacial score (nSPS) is 15.8. The van der Waals surface area contributed by atoms with Crippen LogP contribution in [0.4, 0.5) is 16.0 Å². The molecule has 0 radical (unpaired) electrons. The Balaban J connectivity index is 1.94. The van der Waals surface area contributed by atoms with E-state index in [-0.39, 0.29) is 35.8 Å². The second-order valence-corrected chi connectivity index (χ2v) is 8.95. The van der Waals surface area contributed by atoms with Gasteiger partial charge in [-0.25, -0.2) is 14.2 Å². The molecule has 2 unspecified atom stereocenters. The van der Waals surface area contributed by atoms with E-state index in [1.807, 2.05) is 12.2 Å². The van der Waals surface area contributed by atoms with Gasteiger partial charge < -0.3 is 20.1 Å². The van der Waals surface area contributed by atoms with Gasteiger partial charge in [0.25, 0.3) is 11.5 Å². The minimum absolute atomic E-state index is 0.0987. The number of aromatic nitrogens is 2. The highest BCUT2D eigenvalue weighted by Crippen LogP contribution is 2.25. The molecule has 1 aliphatic rings. The Morgan fingerprint density at radius 2 is 2.06 bits per heavy atom. The molecule has 192 valence electrons. The second-order valence-electron chi connectivity index (χ2n) is 8.51.